The minimum Gasteiger partial charge on any atom is -0.507 e. The topological polar surface area (TPSA) is 37.3 Å². The van der Waals surface area contributed by atoms with Crippen LogP contribution < -0.4 is 0 Å². The molecule has 2 nitrogen and oxygen atoms in total. The summed E-state index contributed by atoms with van der Waals surface area (Å²) in [7, 11) is 0. The van der Waals surface area contributed by atoms with Gasteiger partial charge in [-0.3, -0.25) is 4.79 Å². The van der Waals surface area contributed by atoms with Crippen LogP contribution in [0.5, 0.6) is 0 Å². The molecule has 2 aromatic carbocycles. The Morgan fingerprint density at radius 1 is 1.05 bits per heavy atom. The third-order valence-corrected chi connectivity index (χ3v) is 3.58. The molecule has 2 rings (SSSR count). The van der Waals surface area contributed by atoms with Crippen LogP contribution >= 0.6 is 15.9 Å². The second-order valence-corrected chi connectivity index (χ2v) is 5.47. The summed E-state index contributed by atoms with van der Waals surface area (Å²) in [6, 6.07) is 16.8. The highest BCUT2D eigenvalue weighted by Gasteiger charge is 2.13. The third-order valence-electron chi connectivity index (χ3n) is 3.05. The molecule has 0 aliphatic heterocycles. The molecule has 0 aliphatic carbocycles. The number of Topliss-reactive ketones (excluding diaryl/α,β-unsaturated/α-hetero) is 1. The number of carbonyl (C=O) groups is 1. The summed E-state index contributed by atoms with van der Waals surface area (Å²) < 4.78 is 0.988. The van der Waals surface area contributed by atoms with E-state index >= 15 is 0 Å². The van der Waals surface area contributed by atoms with Gasteiger partial charge in [0, 0.05) is 22.0 Å². The predicted octanol–water partition coefficient (Wildman–Crippen LogP) is 4.55. The van der Waals surface area contributed by atoms with Crippen LogP contribution in [0, 0.1) is 0 Å². The van der Waals surface area contributed by atoms with Crippen LogP contribution in [0.4, 0.5) is 0 Å². The molecule has 2 aromatic rings. The summed E-state index contributed by atoms with van der Waals surface area (Å²) in [5, 5.41) is 10.3. The quantitative estimate of drug-likeness (QED) is 0.659. The van der Waals surface area contributed by atoms with Gasteiger partial charge in [-0.1, -0.05) is 58.4 Å². The average Bonchev–Trinajstić information content (AvgIpc) is 2.46. The fourth-order valence-corrected chi connectivity index (χ4v) is 2.22. The summed E-state index contributed by atoms with van der Waals surface area (Å²) in [5.74, 6) is -0.0599. The first-order valence-corrected chi connectivity index (χ1v) is 7.10. The van der Waals surface area contributed by atoms with Crippen LogP contribution in [0.25, 0.3) is 5.76 Å². The number of halogens is 1. The lowest BCUT2D eigenvalue weighted by molar-refractivity contribution is -0.113. The molecule has 0 atom stereocenters. The maximum absolute atomic E-state index is 11.8. The number of benzene rings is 2. The van der Waals surface area contributed by atoms with Crippen molar-refractivity contribution in [2.24, 2.45) is 0 Å². The Hall–Kier alpha value is -1.87. The lowest BCUT2D eigenvalue weighted by Gasteiger charge is -2.09. The lowest BCUT2D eigenvalue weighted by Crippen LogP contribution is -2.05. The van der Waals surface area contributed by atoms with Crippen LogP contribution in [0.3, 0.4) is 0 Å². The van der Waals surface area contributed by atoms with Crippen molar-refractivity contribution in [1.82, 2.24) is 0 Å². The number of carbonyl (C=O) groups excluding carboxylic acids is 1. The highest BCUT2D eigenvalue weighted by atomic mass is 79.9. The normalized spacial score (nSPS) is 11.9. The van der Waals surface area contributed by atoms with E-state index in [-0.39, 0.29) is 11.5 Å². The average molecular weight is 331 g/mol. The zero-order valence-electron chi connectivity index (χ0n) is 11.1. The van der Waals surface area contributed by atoms with E-state index < -0.39 is 0 Å². The summed E-state index contributed by atoms with van der Waals surface area (Å²) in [4.78, 5) is 11.8. The molecule has 102 valence electrons. The van der Waals surface area contributed by atoms with Crippen LogP contribution in [-0.4, -0.2) is 10.9 Å². The van der Waals surface area contributed by atoms with Crippen molar-refractivity contribution in [2.75, 3.05) is 0 Å². The first-order chi connectivity index (χ1) is 9.58. The molecule has 0 aromatic heterocycles. The van der Waals surface area contributed by atoms with Gasteiger partial charge in [0.05, 0.1) is 0 Å². The van der Waals surface area contributed by atoms with Crippen molar-refractivity contribution < 1.29 is 9.90 Å². The zero-order valence-corrected chi connectivity index (χ0v) is 12.7. The Labute approximate surface area is 126 Å². The van der Waals surface area contributed by atoms with Gasteiger partial charge in [-0.05, 0) is 24.6 Å². The monoisotopic (exact) mass is 330 g/mol. The molecular weight excluding hydrogens is 316 g/mol. The molecule has 0 aliphatic rings. The van der Waals surface area contributed by atoms with E-state index in [1.807, 2.05) is 42.5 Å². The number of aliphatic hydroxyl groups excluding tert-OH is 1. The van der Waals surface area contributed by atoms with E-state index in [0.717, 1.165) is 10.0 Å². The second-order valence-electron chi connectivity index (χ2n) is 4.55. The molecular formula is C17H15BrO2. The summed E-state index contributed by atoms with van der Waals surface area (Å²) >= 11 is 3.38. The van der Waals surface area contributed by atoms with E-state index in [1.165, 1.54) is 6.92 Å². The van der Waals surface area contributed by atoms with Crippen molar-refractivity contribution in [3.63, 3.8) is 0 Å². The molecule has 20 heavy (non-hydrogen) atoms. The fraction of sp³-hybridized carbons (Fsp3) is 0.118. The Morgan fingerprint density at radius 2 is 1.65 bits per heavy atom. The molecule has 0 radical (unpaired) electrons. The first-order valence-electron chi connectivity index (χ1n) is 6.31. The minimum atomic E-state index is -0.116. The second kappa shape index (κ2) is 6.53. The van der Waals surface area contributed by atoms with E-state index in [0.29, 0.717) is 17.6 Å². The Bertz CT molecular complexity index is 628. The smallest absolute Gasteiger partial charge is 0.159 e. The van der Waals surface area contributed by atoms with Crippen LogP contribution in [0.15, 0.2) is 64.6 Å². The van der Waals surface area contributed by atoms with Gasteiger partial charge in [-0.2, -0.15) is 0 Å². The number of hydrogen-bond donors (Lipinski definition) is 1. The summed E-state index contributed by atoms with van der Waals surface area (Å²) in [6.45, 7) is 1.48. The first kappa shape index (κ1) is 14.5. The number of rotatable bonds is 4. The molecule has 0 spiro atoms. The van der Waals surface area contributed by atoms with E-state index in [4.69, 9.17) is 0 Å². The van der Waals surface area contributed by atoms with E-state index in [1.54, 1.807) is 12.1 Å². The van der Waals surface area contributed by atoms with Crippen molar-refractivity contribution in [3.05, 3.63) is 75.8 Å². The van der Waals surface area contributed by atoms with E-state index in [2.05, 4.69) is 15.9 Å². The van der Waals surface area contributed by atoms with Gasteiger partial charge in [-0.25, -0.2) is 0 Å². The highest BCUT2D eigenvalue weighted by molar-refractivity contribution is 9.10. The molecule has 0 heterocycles. The van der Waals surface area contributed by atoms with Crippen molar-refractivity contribution in [2.45, 2.75) is 13.3 Å². The Morgan fingerprint density at radius 3 is 2.20 bits per heavy atom. The standard InChI is InChI=1S/C17H15BrO2/c1-12(19)16(11-13-7-9-15(18)10-8-13)17(20)14-5-3-2-4-6-14/h2-10,20H,11H2,1H3/b17-16-. The van der Waals surface area contributed by atoms with Crippen LogP contribution in [-0.2, 0) is 11.2 Å². The molecule has 3 heteroatoms. The molecule has 0 bridgehead atoms. The molecule has 0 unspecified atom stereocenters. The van der Waals surface area contributed by atoms with Crippen LogP contribution in [0.1, 0.15) is 18.1 Å². The van der Waals surface area contributed by atoms with Gasteiger partial charge in [0.2, 0.25) is 0 Å². The van der Waals surface area contributed by atoms with Crippen molar-refractivity contribution in [3.8, 4) is 0 Å². The van der Waals surface area contributed by atoms with E-state index in [9.17, 15) is 9.90 Å². The summed E-state index contributed by atoms with van der Waals surface area (Å²) in [6.07, 6.45) is 0.420. The molecule has 0 saturated carbocycles. The fourth-order valence-electron chi connectivity index (χ4n) is 1.95. The predicted molar refractivity (Wildman–Crippen MR) is 84.5 cm³/mol. The molecule has 0 fully saturated rings. The van der Waals surface area contributed by atoms with Gasteiger partial charge in [0.25, 0.3) is 0 Å². The number of aliphatic hydroxyl groups is 1. The van der Waals surface area contributed by atoms with Gasteiger partial charge in [0.1, 0.15) is 5.76 Å². The minimum absolute atomic E-state index is 0.0565. The third kappa shape index (κ3) is 3.58. The van der Waals surface area contributed by atoms with Gasteiger partial charge in [-0.15, -0.1) is 0 Å². The molecule has 0 amide bonds. The van der Waals surface area contributed by atoms with Crippen LogP contribution in [0.2, 0.25) is 0 Å². The Kier molecular flexibility index (Phi) is 4.74. The summed E-state index contributed by atoms with van der Waals surface area (Å²) in [5.41, 5.74) is 2.08. The van der Waals surface area contributed by atoms with Gasteiger partial charge in [0.15, 0.2) is 5.78 Å². The van der Waals surface area contributed by atoms with Gasteiger partial charge >= 0.3 is 0 Å². The SMILES string of the molecule is CC(=O)/C(Cc1ccc(Br)cc1)=C(\O)c1ccccc1. The zero-order chi connectivity index (χ0) is 14.5. The largest absolute Gasteiger partial charge is 0.507 e. The van der Waals surface area contributed by atoms with Crippen molar-refractivity contribution >= 4 is 27.5 Å². The van der Waals surface area contributed by atoms with Gasteiger partial charge < -0.3 is 5.11 Å². The lowest BCUT2D eigenvalue weighted by atomic mass is 9.98. The number of hydrogen-bond acceptors (Lipinski definition) is 2. The van der Waals surface area contributed by atoms with Crippen molar-refractivity contribution in [1.29, 1.82) is 0 Å². The maximum atomic E-state index is 11.8. The number of allylic oxidation sites excluding steroid dienone is 1. The number of ketones is 1. The highest BCUT2D eigenvalue weighted by Crippen LogP contribution is 2.21. The Balaban J connectivity index is 2.36. The maximum Gasteiger partial charge on any atom is 0.159 e. The molecule has 1 N–H and O–H groups in total. The molecule has 0 saturated heterocycles.